The van der Waals surface area contributed by atoms with Crippen LogP contribution in [0.5, 0.6) is 0 Å². The van der Waals surface area contributed by atoms with Crippen molar-refractivity contribution >= 4 is 16.2 Å². The fourth-order valence-corrected chi connectivity index (χ4v) is 4.76. The minimum Gasteiger partial charge on any atom is -0.465 e. The third-order valence-corrected chi connectivity index (χ3v) is 6.04. The Hall–Kier alpha value is -2.30. The van der Waals surface area contributed by atoms with E-state index in [1.165, 1.54) is 17.0 Å². The molecule has 1 fully saturated rings. The highest BCUT2D eigenvalue weighted by Gasteiger charge is 2.40. The molecule has 0 saturated carbocycles. The van der Waals surface area contributed by atoms with E-state index in [9.17, 15) is 13.2 Å². The number of hydrogen-bond acceptors (Lipinski definition) is 6. The second-order valence-corrected chi connectivity index (χ2v) is 7.88. The molecule has 0 aliphatic carbocycles. The van der Waals surface area contributed by atoms with Crippen LogP contribution in [0.15, 0.2) is 43.0 Å². The molecule has 3 rings (SSSR count). The summed E-state index contributed by atoms with van der Waals surface area (Å²) in [7, 11) is -3.90. The van der Waals surface area contributed by atoms with Gasteiger partial charge in [-0.05, 0) is 25.3 Å². The summed E-state index contributed by atoms with van der Waals surface area (Å²) in [6.45, 7) is 2.48. The van der Waals surface area contributed by atoms with E-state index >= 15 is 0 Å². The fraction of sp³-hybridized carbons (Fsp3) is 0.471. The van der Waals surface area contributed by atoms with E-state index in [1.807, 2.05) is 30.3 Å². The van der Waals surface area contributed by atoms with E-state index in [0.29, 0.717) is 12.8 Å². The molecule has 0 radical (unpaired) electrons. The lowest BCUT2D eigenvalue weighted by Crippen LogP contribution is -2.48. The number of esters is 1. The predicted octanol–water partition coefficient (Wildman–Crippen LogP) is 0.881. The van der Waals surface area contributed by atoms with Crippen LogP contribution >= 0.6 is 0 Å². The first kappa shape index (κ1) is 19.5. The van der Waals surface area contributed by atoms with Crippen molar-refractivity contribution in [3.05, 3.63) is 48.5 Å². The van der Waals surface area contributed by atoms with Crippen LogP contribution in [0.1, 0.15) is 31.4 Å². The molecule has 1 aliphatic heterocycles. The second-order valence-electron chi connectivity index (χ2n) is 6.22. The second kappa shape index (κ2) is 8.59. The Morgan fingerprint density at radius 1 is 1.37 bits per heavy atom. The van der Waals surface area contributed by atoms with Gasteiger partial charge >= 0.3 is 5.97 Å². The lowest BCUT2D eigenvalue weighted by Gasteiger charge is -2.26. The molecule has 146 valence electrons. The third-order valence-electron chi connectivity index (χ3n) is 4.40. The van der Waals surface area contributed by atoms with Gasteiger partial charge in [0.25, 0.3) is 10.2 Å². The quantitative estimate of drug-likeness (QED) is 0.668. The van der Waals surface area contributed by atoms with Gasteiger partial charge in [0.2, 0.25) is 0 Å². The molecular formula is C17H23N5O4S. The minimum absolute atomic E-state index is 0.218. The molecule has 1 aromatic heterocycles. The summed E-state index contributed by atoms with van der Waals surface area (Å²) in [4.78, 5) is 16.0. The number of nitrogens with one attached hydrogen (secondary N) is 1. The summed E-state index contributed by atoms with van der Waals surface area (Å²) >= 11 is 0. The van der Waals surface area contributed by atoms with Crippen molar-refractivity contribution in [2.75, 3.05) is 13.2 Å². The highest BCUT2D eigenvalue weighted by molar-refractivity contribution is 7.87. The van der Waals surface area contributed by atoms with Gasteiger partial charge in [0.05, 0.1) is 19.2 Å². The van der Waals surface area contributed by atoms with Crippen molar-refractivity contribution in [2.24, 2.45) is 0 Å². The number of nitrogens with zero attached hydrogens (tertiary/aromatic N) is 4. The molecule has 1 N–H and O–H groups in total. The molecule has 1 aromatic carbocycles. The zero-order chi connectivity index (χ0) is 19.3. The van der Waals surface area contributed by atoms with E-state index in [2.05, 4.69) is 14.8 Å². The smallest absolute Gasteiger partial charge is 0.324 e. The molecule has 2 atom stereocenters. The number of rotatable bonds is 8. The summed E-state index contributed by atoms with van der Waals surface area (Å²) in [6.07, 6.45) is 4.00. The Labute approximate surface area is 158 Å². The van der Waals surface area contributed by atoms with E-state index in [4.69, 9.17) is 4.74 Å². The summed E-state index contributed by atoms with van der Waals surface area (Å²) in [5, 5.41) is 4.06. The molecule has 9 nitrogen and oxygen atoms in total. The first-order valence-electron chi connectivity index (χ1n) is 8.84. The van der Waals surface area contributed by atoms with Crippen LogP contribution in [0.3, 0.4) is 0 Å². The average Bonchev–Trinajstić information content (AvgIpc) is 3.34. The Bertz CT molecular complexity index is 841. The number of carbonyl (C=O) groups excluding carboxylic acids is 1. The molecule has 1 saturated heterocycles. The van der Waals surface area contributed by atoms with Crippen molar-refractivity contribution in [3.63, 3.8) is 0 Å². The van der Waals surface area contributed by atoms with Crippen molar-refractivity contribution < 1.29 is 17.9 Å². The molecule has 0 spiro atoms. The molecule has 0 amide bonds. The van der Waals surface area contributed by atoms with Gasteiger partial charge in [-0.2, -0.15) is 22.5 Å². The fourth-order valence-electron chi connectivity index (χ4n) is 3.16. The molecule has 0 bridgehead atoms. The maximum atomic E-state index is 13.0. The molecule has 27 heavy (non-hydrogen) atoms. The Morgan fingerprint density at radius 2 is 2.15 bits per heavy atom. The van der Waals surface area contributed by atoms with E-state index < -0.39 is 28.3 Å². The largest absolute Gasteiger partial charge is 0.465 e. The van der Waals surface area contributed by atoms with Crippen LogP contribution in [0.4, 0.5) is 0 Å². The van der Waals surface area contributed by atoms with Gasteiger partial charge in [0.1, 0.15) is 18.7 Å². The summed E-state index contributed by atoms with van der Waals surface area (Å²) in [5.74, 6) is -0.507. The lowest BCUT2D eigenvalue weighted by molar-refractivity contribution is -0.146. The van der Waals surface area contributed by atoms with E-state index in [-0.39, 0.29) is 19.7 Å². The van der Waals surface area contributed by atoms with Gasteiger partial charge in [-0.1, -0.05) is 30.3 Å². The SMILES string of the molecule is CCOC(=O)[C@@H]1CCCN1S(=O)(=O)N[C@H](Cn1cncn1)c1ccccc1. The summed E-state index contributed by atoms with van der Waals surface area (Å²) in [6, 6.07) is 7.90. The maximum absolute atomic E-state index is 13.0. The van der Waals surface area contributed by atoms with Crippen LogP contribution in [0, 0.1) is 0 Å². The zero-order valence-electron chi connectivity index (χ0n) is 15.1. The van der Waals surface area contributed by atoms with Crippen LogP contribution in [0.2, 0.25) is 0 Å². The van der Waals surface area contributed by atoms with Gasteiger partial charge in [0, 0.05) is 6.54 Å². The zero-order valence-corrected chi connectivity index (χ0v) is 15.9. The molecule has 1 aliphatic rings. The van der Waals surface area contributed by atoms with Gasteiger partial charge in [0.15, 0.2) is 0 Å². The van der Waals surface area contributed by atoms with Crippen LogP contribution in [-0.4, -0.2) is 52.7 Å². The molecule has 2 aromatic rings. The van der Waals surface area contributed by atoms with Gasteiger partial charge in [-0.15, -0.1) is 0 Å². The van der Waals surface area contributed by atoms with Gasteiger partial charge in [-0.3, -0.25) is 9.48 Å². The highest BCUT2D eigenvalue weighted by atomic mass is 32.2. The summed E-state index contributed by atoms with van der Waals surface area (Å²) < 4.78 is 36.6. The monoisotopic (exact) mass is 393 g/mol. The Kier molecular flexibility index (Phi) is 6.19. The normalized spacial score (nSPS) is 19.1. The number of hydrogen-bond donors (Lipinski definition) is 1. The standard InChI is InChI=1S/C17H23N5O4S/c1-2-26-17(23)16-9-6-10-22(16)27(24,25)20-15(11-21-13-18-12-19-21)14-7-4-3-5-8-14/h3-5,7-8,12-13,15-16,20H,2,6,9-11H2,1H3/t15-,16+/m1/s1. The van der Waals surface area contributed by atoms with Crippen molar-refractivity contribution in [3.8, 4) is 0 Å². The summed E-state index contributed by atoms with van der Waals surface area (Å²) in [5.41, 5.74) is 0.795. The minimum atomic E-state index is -3.90. The first-order valence-corrected chi connectivity index (χ1v) is 10.3. The highest BCUT2D eigenvalue weighted by Crippen LogP contribution is 2.24. The van der Waals surface area contributed by atoms with Gasteiger partial charge in [-0.25, -0.2) is 4.98 Å². The molecule has 10 heteroatoms. The topological polar surface area (TPSA) is 106 Å². The van der Waals surface area contributed by atoms with Crippen LogP contribution in [0.25, 0.3) is 0 Å². The van der Waals surface area contributed by atoms with Crippen molar-refractivity contribution in [2.45, 2.75) is 38.4 Å². The van der Waals surface area contributed by atoms with Crippen LogP contribution < -0.4 is 4.72 Å². The van der Waals surface area contributed by atoms with Crippen LogP contribution in [-0.2, 0) is 26.3 Å². The van der Waals surface area contributed by atoms with Crippen molar-refractivity contribution in [1.29, 1.82) is 0 Å². The Balaban J connectivity index is 1.82. The average molecular weight is 393 g/mol. The maximum Gasteiger partial charge on any atom is 0.324 e. The van der Waals surface area contributed by atoms with Gasteiger partial charge < -0.3 is 4.74 Å². The molecular weight excluding hydrogens is 370 g/mol. The molecule has 0 unspecified atom stereocenters. The Morgan fingerprint density at radius 3 is 2.81 bits per heavy atom. The number of carbonyl (C=O) groups is 1. The molecule has 2 heterocycles. The number of aromatic nitrogens is 3. The lowest BCUT2D eigenvalue weighted by atomic mass is 10.1. The first-order chi connectivity index (χ1) is 13.0. The van der Waals surface area contributed by atoms with Crippen molar-refractivity contribution in [1.82, 2.24) is 23.8 Å². The number of ether oxygens (including phenoxy) is 1. The number of benzene rings is 1. The third kappa shape index (κ3) is 4.71. The van der Waals surface area contributed by atoms with E-state index in [0.717, 1.165) is 5.56 Å². The predicted molar refractivity (Wildman–Crippen MR) is 97.6 cm³/mol. The van der Waals surface area contributed by atoms with E-state index in [1.54, 1.807) is 11.6 Å².